The molecule has 0 radical (unpaired) electrons. The van der Waals surface area contributed by atoms with Gasteiger partial charge in [0.25, 0.3) is 0 Å². The molecule has 1 aromatic rings. The maximum absolute atomic E-state index is 11.6. The van der Waals surface area contributed by atoms with Gasteiger partial charge in [0.05, 0.1) is 12.2 Å². The lowest BCUT2D eigenvalue weighted by Crippen LogP contribution is -2.16. The first-order chi connectivity index (χ1) is 8.59. The van der Waals surface area contributed by atoms with Gasteiger partial charge in [0.15, 0.2) is 0 Å². The third kappa shape index (κ3) is 7.07. The van der Waals surface area contributed by atoms with E-state index in [1.165, 1.54) is 0 Å². The quantitative estimate of drug-likeness (QED) is 0.595. The van der Waals surface area contributed by atoms with Crippen molar-refractivity contribution in [1.82, 2.24) is 4.90 Å². The van der Waals surface area contributed by atoms with Gasteiger partial charge in [-0.15, -0.1) is 0 Å². The summed E-state index contributed by atoms with van der Waals surface area (Å²) in [6, 6.07) is 7.42. The molecule has 1 aromatic carbocycles. The van der Waals surface area contributed by atoms with E-state index in [1.807, 2.05) is 47.0 Å². The van der Waals surface area contributed by atoms with Crippen molar-refractivity contribution in [3.63, 3.8) is 0 Å². The van der Waals surface area contributed by atoms with Gasteiger partial charge in [0.1, 0.15) is 0 Å². The zero-order chi connectivity index (χ0) is 14.0. The van der Waals surface area contributed by atoms with Crippen molar-refractivity contribution >= 4 is 5.97 Å². The van der Waals surface area contributed by atoms with E-state index < -0.39 is 0 Å². The molecule has 0 bridgehead atoms. The summed E-state index contributed by atoms with van der Waals surface area (Å²) >= 11 is 0. The first-order valence-electron chi connectivity index (χ1n) is 6.48. The number of hydrogen-bond acceptors (Lipinski definition) is 3. The molecule has 0 aliphatic heterocycles. The van der Waals surface area contributed by atoms with E-state index in [0.717, 1.165) is 18.5 Å². The van der Waals surface area contributed by atoms with Gasteiger partial charge in [-0.05, 0) is 39.6 Å². The Morgan fingerprint density at radius 1 is 1.17 bits per heavy atom. The van der Waals surface area contributed by atoms with Crippen LogP contribution in [0, 0.1) is 6.92 Å². The number of esters is 1. The van der Waals surface area contributed by atoms with E-state index in [-0.39, 0.29) is 5.97 Å². The smallest absolute Gasteiger partial charge is 0.338 e. The minimum atomic E-state index is -0.237. The second-order valence-electron chi connectivity index (χ2n) is 4.16. The van der Waals surface area contributed by atoms with Gasteiger partial charge >= 0.3 is 5.97 Å². The van der Waals surface area contributed by atoms with E-state index in [9.17, 15) is 4.79 Å². The Bertz CT molecular complexity index is 331. The Morgan fingerprint density at radius 3 is 2.22 bits per heavy atom. The molecule has 102 valence electrons. The van der Waals surface area contributed by atoms with E-state index in [1.54, 1.807) is 12.1 Å². The lowest BCUT2D eigenvalue weighted by molar-refractivity contribution is 0.0493. The van der Waals surface area contributed by atoms with Gasteiger partial charge in [-0.3, -0.25) is 0 Å². The number of carbonyl (C=O) groups is 1. The van der Waals surface area contributed by atoms with Gasteiger partial charge in [-0.1, -0.05) is 31.5 Å². The summed E-state index contributed by atoms with van der Waals surface area (Å²) < 4.78 is 5.15. The van der Waals surface area contributed by atoms with Crippen molar-refractivity contribution in [2.45, 2.75) is 27.2 Å². The van der Waals surface area contributed by atoms with Crippen LogP contribution in [0.4, 0.5) is 0 Å². The van der Waals surface area contributed by atoms with Crippen molar-refractivity contribution in [2.75, 3.05) is 27.2 Å². The van der Waals surface area contributed by atoms with Crippen LogP contribution < -0.4 is 0 Å². The number of aryl methyl sites for hydroxylation is 1. The minimum Gasteiger partial charge on any atom is -0.462 e. The topological polar surface area (TPSA) is 29.5 Å². The van der Waals surface area contributed by atoms with E-state index in [0.29, 0.717) is 12.2 Å². The third-order valence-corrected chi connectivity index (χ3v) is 2.27. The molecule has 0 aromatic heterocycles. The molecule has 3 nitrogen and oxygen atoms in total. The van der Waals surface area contributed by atoms with E-state index in [2.05, 4.69) is 4.90 Å². The molecule has 0 N–H and O–H groups in total. The third-order valence-electron chi connectivity index (χ3n) is 2.27. The number of nitrogens with zero attached hydrogens (tertiary/aromatic N) is 1. The van der Waals surface area contributed by atoms with Crippen molar-refractivity contribution in [2.24, 2.45) is 0 Å². The van der Waals surface area contributed by atoms with Crippen LogP contribution in [-0.2, 0) is 4.74 Å². The first kappa shape index (κ1) is 16.6. The summed E-state index contributed by atoms with van der Waals surface area (Å²) in [5.41, 5.74) is 1.76. The SMILES string of the molecule is CC.Cc1ccc(C(=O)OCCCN(C)C)cc1. The Kier molecular flexibility index (Phi) is 8.93. The average Bonchev–Trinajstić information content (AvgIpc) is 2.37. The molecule has 18 heavy (non-hydrogen) atoms. The normalized spacial score (nSPS) is 9.67. The Morgan fingerprint density at radius 2 is 1.72 bits per heavy atom. The highest BCUT2D eigenvalue weighted by atomic mass is 16.5. The van der Waals surface area contributed by atoms with Crippen LogP contribution in [0.3, 0.4) is 0 Å². The fraction of sp³-hybridized carbons (Fsp3) is 0.533. The molecule has 3 heteroatoms. The average molecular weight is 251 g/mol. The van der Waals surface area contributed by atoms with Crippen LogP contribution in [0.5, 0.6) is 0 Å². The maximum atomic E-state index is 11.6. The number of benzene rings is 1. The van der Waals surface area contributed by atoms with Crippen LogP contribution in [0.25, 0.3) is 0 Å². The molecule has 0 spiro atoms. The molecule has 0 amide bonds. The van der Waals surface area contributed by atoms with E-state index in [4.69, 9.17) is 4.74 Å². The molecular weight excluding hydrogens is 226 g/mol. The maximum Gasteiger partial charge on any atom is 0.338 e. The molecule has 0 unspecified atom stereocenters. The molecular formula is C15H25NO2. The lowest BCUT2D eigenvalue weighted by atomic mass is 10.1. The lowest BCUT2D eigenvalue weighted by Gasteiger charge is -2.09. The molecule has 0 aliphatic rings. The van der Waals surface area contributed by atoms with E-state index >= 15 is 0 Å². The summed E-state index contributed by atoms with van der Waals surface area (Å²) in [5, 5.41) is 0. The zero-order valence-electron chi connectivity index (χ0n) is 12.2. The van der Waals surface area contributed by atoms with Crippen molar-refractivity contribution < 1.29 is 9.53 Å². The van der Waals surface area contributed by atoms with Crippen LogP contribution in [0.1, 0.15) is 36.2 Å². The second kappa shape index (κ2) is 9.66. The highest BCUT2D eigenvalue weighted by molar-refractivity contribution is 5.89. The number of hydrogen-bond donors (Lipinski definition) is 0. The van der Waals surface area contributed by atoms with Crippen molar-refractivity contribution in [1.29, 1.82) is 0 Å². The molecule has 0 atom stereocenters. The van der Waals surface area contributed by atoms with Gasteiger partial charge in [0.2, 0.25) is 0 Å². The second-order valence-corrected chi connectivity index (χ2v) is 4.16. The fourth-order valence-electron chi connectivity index (χ4n) is 1.32. The number of carbonyl (C=O) groups excluding carboxylic acids is 1. The first-order valence-corrected chi connectivity index (χ1v) is 6.48. The van der Waals surface area contributed by atoms with Gasteiger partial charge in [-0.25, -0.2) is 4.79 Å². The Labute approximate surface area is 111 Å². The monoisotopic (exact) mass is 251 g/mol. The summed E-state index contributed by atoms with van der Waals surface area (Å²) in [6.07, 6.45) is 0.866. The molecule has 0 saturated carbocycles. The highest BCUT2D eigenvalue weighted by Gasteiger charge is 2.05. The summed E-state index contributed by atoms with van der Waals surface area (Å²) in [7, 11) is 4.00. The summed E-state index contributed by atoms with van der Waals surface area (Å²) in [6.45, 7) is 7.40. The summed E-state index contributed by atoms with van der Waals surface area (Å²) in [5.74, 6) is -0.237. The van der Waals surface area contributed by atoms with Crippen molar-refractivity contribution in [3.8, 4) is 0 Å². The largest absolute Gasteiger partial charge is 0.462 e. The van der Waals surface area contributed by atoms with Gasteiger partial charge in [0, 0.05) is 6.54 Å². The number of rotatable bonds is 5. The standard InChI is InChI=1S/C13H19NO2.C2H6/c1-11-5-7-12(8-6-11)13(15)16-10-4-9-14(2)3;1-2/h5-8H,4,9-10H2,1-3H3;1-2H3. The fourth-order valence-corrected chi connectivity index (χ4v) is 1.32. The summed E-state index contributed by atoms with van der Waals surface area (Å²) in [4.78, 5) is 13.6. The van der Waals surface area contributed by atoms with Crippen LogP contribution >= 0.6 is 0 Å². The van der Waals surface area contributed by atoms with Crippen LogP contribution in [-0.4, -0.2) is 38.1 Å². The molecule has 0 fully saturated rings. The predicted molar refractivity (Wildman–Crippen MR) is 76.0 cm³/mol. The number of ether oxygens (including phenoxy) is 1. The van der Waals surface area contributed by atoms with Crippen LogP contribution in [0.2, 0.25) is 0 Å². The van der Waals surface area contributed by atoms with Gasteiger partial charge < -0.3 is 9.64 Å². The van der Waals surface area contributed by atoms with Crippen molar-refractivity contribution in [3.05, 3.63) is 35.4 Å². The molecule has 1 rings (SSSR count). The van der Waals surface area contributed by atoms with Gasteiger partial charge in [-0.2, -0.15) is 0 Å². The molecule has 0 aliphatic carbocycles. The minimum absolute atomic E-state index is 0.237. The highest BCUT2D eigenvalue weighted by Crippen LogP contribution is 2.05. The van der Waals surface area contributed by atoms with Crippen LogP contribution in [0.15, 0.2) is 24.3 Å². The molecule has 0 heterocycles. The molecule has 0 saturated heterocycles. The zero-order valence-corrected chi connectivity index (χ0v) is 12.2. The Balaban J connectivity index is 0.00000137. The Hall–Kier alpha value is -1.35. The predicted octanol–water partition coefficient (Wildman–Crippen LogP) is 3.13.